The summed E-state index contributed by atoms with van der Waals surface area (Å²) in [4.78, 5) is 2.35. The van der Waals surface area contributed by atoms with Crippen molar-refractivity contribution in [3.05, 3.63) is 53.1 Å². The highest BCUT2D eigenvalue weighted by Crippen LogP contribution is 2.37. The fourth-order valence-corrected chi connectivity index (χ4v) is 4.18. The van der Waals surface area contributed by atoms with E-state index in [1.165, 1.54) is 0 Å². The summed E-state index contributed by atoms with van der Waals surface area (Å²) in [5, 5.41) is 17.8. The fourth-order valence-electron chi connectivity index (χ4n) is 3.91. The average Bonchev–Trinajstić information content (AvgIpc) is 3.17. The van der Waals surface area contributed by atoms with Gasteiger partial charge in [0.15, 0.2) is 0 Å². The number of halogens is 1. The van der Waals surface area contributed by atoms with Crippen LogP contribution in [0.3, 0.4) is 0 Å². The number of nitrogens with one attached hydrogen (secondary N) is 1. The zero-order valence-electron chi connectivity index (χ0n) is 17.1. The zero-order valence-corrected chi connectivity index (χ0v) is 18.7. The summed E-state index contributed by atoms with van der Waals surface area (Å²) in [6.45, 7) is 7.41. The standard InChI is InChI=1S/C23H26BrN3O3/c1-15-13-27(14-16(2)30-15)9-10-29-19-7-8-20(22(28)11-19)23-21(12-25-26-23)17-3-5-18(24)6-4-17/h3-8,11-12,15-16,28H,9-10,13-14H2,1-2H3,(H,25,26)/t15-,16+. The predicted molar refractivity (Wildman–Crippen MR) is 121 cm³/mol. The Bertz CT molecular complexity index is 980. The number of morpholine rings is 1. The number of aromatic hydroxyl groups is 1. The van der Waals surface area contributed by atoms with Crippen LogP contribution in [0.25, 0.3) is 22.4 Å². The minimum absolute atomic E-state index is 0.156. The van der Waals surface area contributed by atoms with Crippen molar-refractivity contribution in [1.82, 2.24) is 15.1 Å². The zero-order chi connectivity index (χ0) is 21.1. The number of phenolic OH excluding ortho intramolecular Hbond substituents is 1. The summed E-state index contributed by atoms with van der Waals surface area (Å²) in [6, 6.07) is 13.4. The van der Waals surface area contributed by atoms with E-state index in [4.69, 9.17) is 9.47 Å². The summed E-state index contributed by atoms with van der Waals surface area (Å²) in [6.07, 6.45) is 2.25. The molecule has 7 heteroatoms. The number of ether oxygens (including phenoxy) is 2. The van der Waals surface area contributed by atoms with Crippen molar-refractivity contribution >= 4 is 15.9 Å². The topological polar surface area (TPSA) is 70.6 Å². The summed E-state index contributed by atoms with van der Waals surface area (Å²) in [5.74, 6) is 0.805. The first kappa shape index (κ1) is 20.9. The molecule has 2 heterocycles. The molecule has 30 heavy (non-hydrogen) atoms. The number of aromatic amines is 1. The van der Waals surface area contributed by atoms with Crippen molar-refractivity contribution in [1.29, 1.82) is 0 Å². The Morgan fingerprint density at radius 3 is 2.57 bits per heavy atom. The van der Waals surface area contributed by atoms with Gasteiger partial charge in [-0.3, -0.25) is 10.00 Å². The summed E-state index contributed by atoms with van der Waals surface area (Å²) < 4.78 is 12.7. The molecule has 2 N–H and O–H groups in total. The van der Waals surface area contributed by atoms with Gasteiger partial charge in [-0.1, -0.05) is 28.1 Å². The van der Waals surface area contributed by atoms with Crippen molar-refractivity contribution in [2.75, 3.05) is 26.2 Å². The van der Waals surface area contributed by atoms with E-state index in [2.05, 4.69) is 44.9 Å². The molecule has 3 aromatic rings. The third-order valence-corrected chi connectivity index (χ3v) is 5.73. The molecule has 6 nitrogen and oxygen atoms in total. The first-order valence-electron chi connectivity index (χ1n) is 10.1. The Morgan fingerprint density at radius 2 is 1.87 bits per heavy atom. The Labute approximate surface area is 185 Å². The van der Waals surface area contributed by atoms with Gasteiger partial charge in [0.05, 0.1) is 24.1 Å². The molecule has 0 bridgehead atoms. The second-order valence-corrected chi connectivity index (χ2v) is 8.63. The average molecular weight is 472 g/mol. The second-order valence-electron chi connectivity index (χ2n) is 7.71. The van der Waals surface area contributed by atoms with Crippen molar-refractivity contribution in [2.45, 2.75) is 26.1 Å². The van der Waals surface area contributed by atoms with E-state index in [9.17, 15) is 5.11 Å². The number of nitrogens with zero attached hydrogens (tertiary/aromatic N) is 2. The smallest absolute Gasteiger partial charge is 0.128 e. The first-order chi connectivity index (χ1) is 14.5. The largest absolute Gasteiger partial charge is 0.507 e. The second kappa shape index (κ2) is 9.20. The predicted octanol–water partition coefficient (Wildman–Crippen LogP) is 4.70. The molecule has 0 saturated carbocycles. The summed E-state index contributed by atoms with van der Waals surface area (Å²) in [7, 11) is 0. The monoisotopic (exact) mass is 471 g/mol. The lowest BCUT2D eigenvalue weighted by Crippen LogP contribution is -2.46. The number of phenols is 1. The van der Waals surface area contributed by atoms with Crippen LogP contribution in [0, 0.1) is 0 Å². The van der Waals surface area contributed by atoms with Crippen molar-refractivity contribution in [2.24, 2.45) is 0 Å². The Kier molecular flexibility index (Phi) is 6.41. The van der Waals surface area contributed by atoms with E-state index in [1.807, 2.05) is 36.4 Å². The highest BCUT2D eigenvalue weighted by Gasteiger charge is 2.21. The maximum Gasteiger partial charge on any atom is 0.128 e. The van der Waals surface area contributed by atoms with Crippen LogP contribution in [0.5, 0.6) is 11.5 Å². The van der Waals surface area contributed by atoms with Crippen LogP contribution < -0.4 is 4.74 Å². The third kappa shape index (κ3) is 4.86. The number of H-pyrrole nitrogens is 1. The van der Waals surface area contributed by atoms with Gasteiger partial charge < -0.3 is 14.6 Å². The Morgan fingerprint density at radius 1 is 1.13 bits per heavy atom. The summed E-state index contributed by atoms with van der Waals surface area (Å²) in [5.41, 5.74) is 3.42. The van der Waals surface area contributed by atoms with E-state index in [1.54, 1.807) is 12.3 Å². The van der Waals surface area contributed by atoms with Gasteiger partial charge in [-0.15, -0.1) is 0 Å². The molecule has 1 saturated heterocycles. The van der Waals surface area contributed by atoms with Crippen molar-refractivity contribution in [3.8, 4) is 33.9 Å². The van der Waals surface area contributed by atoms with E-state index >= 15 is 0 Å². The fraction of sp³-hybridized carbons (Fsp3) is 0.348. The van der Waals surface area contributed by atoms with Crippen LogP contribution in [-0.4, -0.2) is 58.7 Å². The van der Waals surface area contributed by atoms with Gasteiger partial charge in [0.25, 0.3) is 0 Å². The number of benzene rings is 2. The molecule has 0 spiro atoms. The molecule has 1 fully saturated rings. The lowest BCUT2D eigenvalue weighted by molar-refractivity contribution is -0.0699. The van der Waals surface area contributed by atoms with Gasteiger partial charge in [0.1, 0.15) is 18.1 Å². The lowest BCUT2D eigenvalue weighted by atomic mass is 10.0. The quantitative estimate of drug-likeness (QED) is 0.545. The van der Waals surface area contributed by atoms with Crippen LogP contribution in [0.1, 0.15) is 13.8 Å². The first-order valence-corrected chi connectivity index (χ1v) is 10.9. The van der Waals surface area contributed by atoms with E-state index in [0.29, 0.717) is 17.9 Å². The molecule has 158 valence electrons. The molecule has 1 aliphatic rings. The van der Waals surface area contributed by atoms with Crippen molar-refractivity contribution < 1.29 is 14.6 Å². The maximum atomic E-state index is 10.6. The maximum absolute atomic E-state index is 10.6. The van der Waals surface area contributed by atoms with E-state index in [-0.39, 0.29) is 18.0 Å². The molecule has 0 unspecified atom stereocenters. The SMILES string of the molecule is C[C@@H]1CN(CCOc2ccc(-c3[nH]ncc3-c3ccc(Br)cc3)c(O)c2)C[C@H](C)O1. The number of aromatic nitrogens is 2. The Balaban J connectivity index is 1.43. The third-order valence-electron chi connectivity index (χ3n) is 5.20. The van der Waals surface area contributed by atoms with Crippen LogP contribution in [0.15, 0.2) is 53.1 Å². The van der Waals surface area contributed by atoms with E-state index in [0.717, 1.165) is 40.9 Å². The van der Waals surface area contributed by atoms with Gasteiger partial charge in [0.2, 0.25) is 0 Å². The minimum Gasteiger partial charge on any atom is -0.507 e. The van der Waals surface area contributed by atoms with Crippen LogP contribution in [0.2, 0.25) is 0 Å². The van der Waals surface area contributed by atoms with Crippen LogP contribution >= 0.6 is 15.9 Å². The van der Waals surface area contributed by atoms with Gasteiger partial charge in [-0.25, -0.2) is 0 Å². The lowest BCUT2D eigenvalue weighted by Gasteiger charge is -2.35. The highest BCUT2D eigenvalue weighted by atomic mass is 79.9. The molecular formula is C23H26BrN3O3. The van der Waals surface area contributed by atoms with Crippen LogP contribution in [-0.2, 0) is 4.74 Å². The normalized spacial score (nSPS) is 19.7. The van der Waals surface area contributed by atoms with Crippen molar-refractivity contribution in [3.63, 3.8) is 0 Å². The van der Waals surface area contributed by atoms with Gasteiger partial charge >= 0.3 is 0 Å². The number of rotatable bonds is 6. The molecular weight excluding hydrogens is 446 g/mol. The van der Waals surface area contributed by atoms with Gasteiger partial charge in [-0.05, 0) is 43.7 Å². The van der Waals surface area contributed by atoms with Gasteiger partial charge in [-0.2, -0.15) is 5.10 Å². The molecule has 4 rings (SSSR count). The minimum atomic E-state index is 0.156. The molecule has 0 radical (unpaired) electrons. The molecule has 2 atom stereocenters. The number of hydrogen-bond donors (Lipinski definition) is 2. The molecule has 0 amide bonds. The molecule has 0 aliphatic carbocycles. The van der Waals surface area contributed by atoms with Crippen LogP contribution in [0.4, 0.5) is 0 Å². The number of hydrogen-bond acceptors (Lipinski definition) is 5. The van der Waals surface area contributed by atoms with E-state index < -0.39 is 0 Å². The molecule has 2 aromatic carbocycles. The van der Waals surface area contributed by atoms with Gasteiger partial charge in [0, 0.05) is 41.3 Å². The summed E-state index contributed by atoms with van der Waals surface area (Å²) >= 11 is 3.46. The highest BCUT2D eigenvalue weighted by molar-refractivity contribution is 9.10. The molecule has 1 aromatic heterocycles. The molecule has 1 aliphatic heterocycles. The Hall–Kier alpha value is -2.35.